The Bertz CT molecular complexity index is 430. The average molecular weight is 270 g/mol. The molecule has 0 saturated carbocycles. The van der Waals surface area contributed by atoms with Gasteiger partial charge in [0.15, 0.2) is 0 Å². The van der Waals surface area contributed by atoms with Crippen molar-refractivity contribution in [1.82, 2.24) is 4.90 Å². The molecule has 98 valence electrons. The van der Waals surface area contributed by atoms with Gasteiger partial charge in [-0.1, -0.05) is 11.6 Å². The predicted octanol–water partition coefficient (Wildman–Crippen LogP) is 2.51. The number of rotatable bonds is 5. The normalized spacial score (nSPS) is 15.8. The van der Waals surface area contributed by atoms with Crippen LogP contribution < -0.4 is 4.74 Å². The zero-order valence-electron chi connectivity index (χ0n) is 10.1. The van der Waals surface area contributed by atoms with Crippen molar-refractivity contribution in [1.29, 1.82) is 0 Å². The van der Waals surface area contributed by atoms with Crippen LogP contribution in [0.3, 0.4) is 0 Å². The zero-order valence-corrected chi connectivity index (χ0v) is 10.8. The molecule has 0 aliphatic carbocycles. The van der Waals surface area contributed by atoms with E-state index in [9.17, 15) is 4.79 Å². The van der Waals surface area contributed by atoms with Gasteiger partial charge < -0.3 is 9.84 Å². The molecular formula is C13H16ClNO3. The van der Waals surface area contributed by atoms with Gasteiger partial charge in [0.1, 0.15) is 12.4 Å². The molecule has 1 aromatic carbocycles. The molecule has 1 aliphatic heterocycles. The number of halogens is 1. The van der Waals surface area contributed by atoms with Crippen molar-refractivity contribution < 1.29 is 14.6 Å². The number of likely N-dealkylation sites (tertiary alicyclic amines) is 1. The Labute approximate surface area is 111 Å². The maximum atomic E-state index is 10.7. The monoisotopic (exact) mass is 269 g/mol. The quantitative estimate of drug-likeness (QED) is 0.892. The Hall–Kier alpha value is -1.26. The topological polar surface area (TPSA) is 49.8 Å². The lowest BCUT2D eigenvalue weighted by Crippen LogP contribution is -2.25. The highest BCUT2D eigenvalue weighted by Crippen LogP contribution is 2.25. The van der Waals surface area contributed by atoms with E-state index in [1.807, 2.05) is 0 Å². The summed E-state index contributed by atoms with van der Waals surface area (Å²) in [5.41, 5.74) is 0.173. The van der Waals surface area contributed by atoms with Crippen LogP contribution in [0.15, 0.2) is 18.2 Å². The van der Waals surface area contributed by atoms with Crippen LogP contribution in [0.2, 0.25) is 5.02 Å². The van der Waals surface area contributed by atoms with Gasteiger partial charge in [-0.2, -0.15) is 0 Å². The summed E-state index contributed by atoms with van der Waals surface area (Å²) < 4.78 is 5.57. The van der Waals surface area contributed by atoms with E-state index < -0.39 is 5.97 Å². The molecule has 1 saturated heterocycles. The number of benzene rings is 1. The van der Waals surface area contributed by atoms with Gasteiger partial charge in [-0.3, -0.25) is 4.90 Å². The third-order valence-corrected chi connectivity index (χ3v) is 3.34. The van der Waals surface area contributed by atoms with Crippen molar-refractivity contribution in [3.63, 3.8) is 0 Å². The Morgan fingerprint density at radius 2 is 2.11 bits per heavy atom. The molecule has 0 bridgehead atoms. The summed E-state index contributed by atoms with van der Waals surface area (Å²) in [5.74, 6) is -0.443. The molecule has 4 nitrogen and oxygen atoms in total. The summed E-state index contributed by atoms with van der Waals surface area (Å²) in [6.45, 7) is 3.73. The molecule has 0 atom stereocenters. The maximum Gasteiger partial charge on any atom is 0.335 e. The lowest BCUT2D eigenvalue weighted by molar-refractivity contribution is 0.0697. The molecule has 1 N–H and O–H groups in total. The molecule has 0 spiro atoms. The third kappa shape index (κ3) is 3.37. The third-order valence-electron chi connectivity index (χ3n) is 3.04. The summed E-state index contributed by atoms with van der Waals surface area (Å²) in [6, 6.07) is 4.52. The predicted molar refractivity (Wildman–Crippen MR) is 69.6 cm³/mol. The molecule has 1 fully saturated rings. The van der Waals surface area contributed by atoms with Gasteiger partial charge in [-0.05, 0) is 44.1 Å². The summed E-state index contributed by atoms with van der Waals surface area (Å²) in [6.07, 6.45) is 2.52. The van der Waals surface area contributed by atoms with E-state index in [4.69, 9.17) is 21.4 Å². The molecule has 18 heavy (non-hydrogen) atoms. The number of carboxylic acid groups (broad SMARTS) is 1. The Kier molecular flexibility index (Phi) is 4.44. The van der Waals surface area contributed by atoms with E-state index in [1.54, 1.807) is 6.07 Å². The van der Waals surface area contributed by atoms with Crippen molar-refractivity contribution >= 4 is 17.6 Å². The fraction of sp³-hybridized carbons (Fsp3) is 0.462. The van der Waals surface area contributed by atoms with Crippen molar-refractivity contribution in [3.8, 4) is 5.75 Å². The standard InChI is InChI=1S/C13H16ClNO3/c14-11-9-10(13(16)17)3-4-12(11)18-8-7-15-5-1-2-6-15/h3-4,9H,1-2,5-8H2,(H,16,17). The van der Waals surface area contributed by atoms with Crippen LogP contribution >= 0.6 is 11.6 Å². The molecule has 0 aromatic heterocycles. The second-order valence-corrected chi connectivity index (χ2v) is 4.75. The Balaban J connectivity index is 1.87. The van der Waals surface area contributed by atoms with Crippen LogP contribution in [0.5, 0.6) is 5.75 Å². The minimum Gasteiger partial charge on any atom is -0.491 e. The largest absolute Gasteiger partial charge is 0.491 e. The van der Waals surface area contributed by atoms with Gasteiger partial charge in [0.25, 0.3) is 0 Å². The van der Waals surface area contributed by atoms with Crippen molar-refractivity contribution in [2.45, 2.75) is 12.8 Å². The van der Waals surface area contributed by atoms with E-state index in [0.717, 1.165) is 19.6 Å². The fourth-order valence-corrected chi connectivity index (χ4v) is 2.28. The maximum absolute atomic E-state index is 10.7. The van der Waals surface area contributed by atoms with Gasteiger partial charge in [-0.15, -0.1) is 0 Å². The number of aromatic carboxylic acids is 1. The minimum absolute atomic E-state index is 0.173. The second kappa shape index (κ2) is 6.07. The molecule has 0 unspecified atom stereocenters. The lowest BCUT2D eigenvalue weighted by Gasteiger charge is -2.15. The first-order valence-corrected chi connectivity index (χ1v) is 6.42. The summed E-state index contributed by atoms with van der Waals surface area (Å²) in [5, 5.41) is 9.16. The smallest absolute Gasteiger partial charge is 0.335 e. The number of carbonyl (C=O) groups is 1. The number of nitrogens with zero attached hydrogens (tertiary/aromatic N) is 1. The number of hydrogen-bond acceptors (Lipinski definition) is 3. The Morgan fingerprint density at radius 1 is 1.39 bits per heavy atom. The molecule has 0 radical (unpaired) electrons. The zero-order chi connectivity index (χ0) is 13.0. The van der Waals surface area contributed by atoms with E-state index in [2.05, 4.69) is 4.90 Å². The van der Waals surface area contributed by atoms with Gasteiger partial charge in [0.2, 0.25) is 0 Å². The first kappa shape index (κ1) is 13.2. The minimum atomic E-state index is -0.986. The second-order valence-electron chi connectivity index (χ2n) is 4.35. The van der Waals surface area contributed by atoms with Crippen molar-refractivity contribution in [3.05, 3.63) is 28.8 Å². The van der Waals surface area contributed by atoms with Gasteiger partial charge >= 0.3 is 5.97 Å². The van der Waals surface area contributed by atoms with E-state index in [-0.39, 0.29) is 5.56 Å². The first-order chi connectivity index (χ1) is 8.66. The van der Waals surface area contributed by atoms with Gasteiger partial charge in [0, 0.05) is 6.54 Å². The van der Waals surface area contributed by atoms with Crippen LogP contribution in [-0.2, 0) is 0 Å². The van der Waals surface area contributed by atoms with E-state index in [1.165, 1.54) is 25.0 Å². The lowest BCUT2D eigenvalue weighted by atomic mass is 10.2. The van der Waals surface area contributed by atoms with Crippen LogP contribution in [0.1, 0.15) is 23.2 Å². The molecule has 1 aliphatic rings. The van der Waals surface area contributed by atoms with Gasteiger partial charge in [-0.25, -0.2) is 4.79 Å². The molecule has 1 aromatic rings. The van der Waals surface area contributed by atoms with Crippen molar-refractivity contribution in [2.24, 2.45) is 0 Å². The highest BCUT2D eigenvalue weighted by atomic mass is 35.5. The molecule has 5 heteroatoms. The van der Waals surface area contributed by atoms with Crippen LogP contribution in [-0.4, -0.2) is 42.2 Å². The first-order valence-electron chi connectivity index (χ1n) is 6.05. The molecule has 1 heterocycles. The SMILES string of the molecule is O=C(O)c1ccc(OCCN2CCCC2)c(Cl)c1. The molecular weight excluding hydrogens is 254 g/mol. The fourth-order valence-electron chi connectivity index (χ4n) is 2.04. The molecule has 0 amide bonds. The summed E-state index contributed by atoms with van der Waals surface area (Å²) in [7, 11) is 0. The van der Waals surface area contributed by atoms with E-state index in [0.29, 0.717) is 17.4 Å². The summed E-state index contributed by atoms with van der Waals surface area (Å²) >= 11 is 5.97. The highest BCUT2D eigenvalue weighted by Gasteiger charge is 2.12. The Morgan fingerprint density at radius 3 is 2.72 bits per heavy atom. The number of carboxylic acids is 1. The van der Waals surface area contributed by atoms with Crippen molar-refractivity contribution in [2.75, 3.05) is 26.2 Å². The molecule has 2 rings (SSSR count). The number of hydrogen-bond donors (Lipinski definition) is 1. The van der Waals surface area contributed by atoms with Gasteiger partial charge in [0.05, 0.1) is 10.6 Å². The van der Waals surface area contributed by atoms with Crippen LogP contribution in [0.4, 0.5) is 0 Å². The van der Waals surface area contributed by atoms with Crippen LogP contribution in [0, 0.1) is 0 Å². The van der Waals surface area contributed by atoms with E-state index >= 15 is 0 Å². The summed E-state index contributed by atoms with van der Waals surface area (Å²) in [4.78, 5) is 13.1. The average Bonchev–Trinajstić information content (AvgIpc) is 2.84. The number of ether oxygens (including phenoxy) is 1. The van der Waals surface area contributed by atoms with Crippen LogP contribution in [0.25, 0.3) is 0 Å². The highest BCUT2D eigenvalue weighted by molar-refractivity contribution is 6.32.